The zero-order valence-corrected chi connectivity index (χ0v) is 20.6. The number of alkyl halides is 1. The Morgan fingerprint density at radius 1 is 1.25 bits per heavy atom. The highest BCUT2D eigenvalue weighted by atomic mass is 79.9. The van der Waals surface area contributed by atoms with Crippen molar-refractivity contribution in [2.24, 2.45) is 0 Å². The number of nitrogens with one attached hydrogen (secondary N) is 1. The number of hydrogen-bond acceptors (Lipinski definition) is 6. The highest BCUT2D eigenvalue weighted by Crippen LogP contribution is 2.36. The lowest BCUT2D eigenvalue weighted by Crippen LogP contribution is -2.32. The van der Waals surface area contributed by atoms with E-state index in [-0.39, 0.29) is 47.0 Å². The van der Waals surface area contributed by atoms with E-state index in [1.165, 1.54) is 30.5 Å². The highest BCUT2D eigenvalue weighted by Gasteiger charge is 2.31. The molecule has 1 aliphatic rings. The van der Waals surface area contributed by atoms with Crippen molar-refractivity contribution in [3.05, 3.63) is 75.5 Å². The van der Waals surface area contributed by atoms with Crippen LogP contribution in [0.15, 0.2) is 47.1 Å². The van der Waals surface area contributed by atoms with E-state index in [4.69, 9.17) is 5.73 Å². The van der Waals surface area contributed by atoms with Gasteiger partial charge in [-0.2, -0.15) is 0 Å². The van der Waals surface area contributed by atoms with Crippen molar-refractivity contribution in [3.63, 3.8) is 0 Å². The fourth-order valence-electron chi connectivity index (χ4n) is 4.37. The number of carbonyl (C=O) groups excluding carboxylic acids is 1. The first-order chi connectivity index (χ1) is 17.2. The molecule has 4 atom stereocenters. The van der Waals surface area contributed by atoms with Crippen molar-refractivity contribution >= 4 is 27.7 Å². The van der Waals surface area contributed by atoms with E-state index in [0.717, 1.165) is 12.1 Å². The molecular formula is C25H24BrF3N4O3. The van der Waals surface area contributed by atoms with E-state index < -0.39 is 42.5 Å². The molecule has 2 aromatic carbocycles. The van der Waals surface area contributed by atoms with Crippen LogP contribution in [0.3, 0.4) is 0 Å². The Morgan fingerprint density at radius 2 is 2.03 bits per heavy atom. The first kappa shape index (κ1) is 26.1. The molecule has 1 fully saturated rings. The molecule has 1 aromatic heterocycles. The molecule has 0 spiro atoms. The predicted octanol–water partition coefficient (Wildman–Crippen LogP) is 4.20. The van der Waals surface area contributed by atoms with Gasteiger partial charge in [-0.05, 0) is 49.1 Å². The molecule has 1 heterocycles. The molecular weight excluding hydrogens is 541 g/mol. The zero-order valence-electron chi connectivity index (χ0n) is 19.0. The van der Waals surface area contributed by atoms with E-state index >= 15 is 0 Å². The molecule has 1 aliphatic carbocycles. The van der Waals surface area contributed by atoms with Gasteiger partial charge < -0.3 is 21.3 Å². The number of nitrogens with zero attached hydrogens (tertiary/aromatic N) is 2. The van der Waals surface area contributed by atoms with E-state index in [2.05, 4.69) is 31.2 Å². The third-order valence-corrected chi connectivity index (χ3v) is 6.70. The summed E-state index contributed by atoms with van der Waals surface area (Å²) in [4.78, 5) is 21.9. The molecule has 0 bridgehead atoms. The molecule has 11 heteroatoms. The summed E-state index contributed by atoms with van der Waals surface area (Å²) in [5, 5.41) is 22.1. The summed E-state index contributed by atoms with van der Waals surface area (Å²) in [5.41, 5.74) is 6.46. The zero-order chi connectivity index (χ0) is 26.0. The number of nitrogen functional groups attached to an aromatic ring is 1. The quantitative estimate of drug-likeness (QED) is 0.356. The van der Waals surface area contributed by atoms with E-state index in [0.29, 0.717) is 16.6 Å². The number of benzene rings is 2. The van der Waals surface area contributed by atoms with Gasteiger partial charge in [0.1, 0.15) is 29.3 Å². The summed E-state index contributed by atoms with van der Waals surface area (Å²) < 4.78 is 43.4. The molecule has 0 unspecified atom stereocenters. The molecule has 36 heavy (non-hydrogen) atoms. The second-order valence-corrected chi connectivity index (χ2v) is 9.61. The molecule has 0 aliphatic heterocycles. The number of aliphatic hydroxyl groups is 2. The van der Waals surface area contributed by atoms with Crippen molar-refractivity contribution in [1.82, 2.24) is 15.3 Å². The smallest absolute Gasteiger partial charge is 0.255 e. The van der Waals surface area contributed by atoms with Gasteiger partial charge in [-0.25, -0.2) is 23.1 Å². The molecule has 0 saturated heterocycles. The second kappa shape index (κ2) is 10.9. The Hall–Kier alpha value is -3.02. The Morgan fingerprint density at radius 3 is 2.72 bits per heavy atom. The minimum absolute atomic E-state index is 0.0488. The van der Waals surface area contributed by atoms with Crippen molar-refractivity contribution in [1.29, 1.82) is 0 Å². The van der Waals surface area contributed by atoms with Gasteiger partial charge in [0.15, 0.2) is 0 Å². The summed E-state index contributed by atoms with van der Waals surface area (Å²) >= 11 is 3.17. The van der Waals surface area contributed by atoms with Crippen molar-refractivity contribution < 1.29 is 28.2 Å². The Bertz CT molecular complexity index is 1260. The number of aromatic nitrogens is 2. The standard InChI is InChI=1S/C25H24BrF3N4O3/c26-14-6-13(7-15(27)9-14)20(11-34)33-25(36)22-16(2-1-3-17(22)28)23-24(30)31-10-19(32-23)12-4-5-21(35)18(29)8-12/h1-3,6-7,9-10,12,18,20-21,34-35H,4-5,8,11H2,(H2,30,31)(H,33,36)/t12-,18+,20-,21-/m1/s1. The number of hydrogen-bond donors (Lipinski definition) is 4. The molecule has 190 valence electrons. The van der Waals surface area contributed by atoms with Crippen LogP contribution in [0.1, 0.15) is 52.8 Å². The molecule has 1 amide bonds. The number of nitrogens with two attached hydrogens (primary N) is 1. The van der Waals surface area contributed by atoms with Crippen LogP contribution in [0.4, 0.5) is 19.0 Å². The van der Waals surface area contributed by atoms with Gasteiger partial charge in [0.2, 0.25) is 0 Å². The first-order valence-electron chi connectivity index (χ1n) is 11.3. The number of amides is 1. The molecule has 0 radical (unpaired) electrons. The van der Waals surface area contributed by atoms with E-state index in [1.54, 1.807) is 0 Å². The average Bonchev–Trinajstić information content (AvgIpc) is 2.83. The Labute approximate surface area is 213 Å². The molecule has 1 saturated carbocycles. The molecule has 4 rings (SSSR count). The highest BCUT2D eigenvalue weighted by molar-refractivity contribution is 9.10. The maximum atomic E-state index is 15.0. The fourth-order valence-corrected chi connectivity index (χ4v) is 4.85. The van der Waals surface area contributed by atoms with Crippen LogP contribution in [0.25, 0.3) is 11.3 Å². The normalized spacial score (nSPS) is 20.7. The van der Waals surface area contributed by atoms with Crippen LogP contribution in [-0.2, 0) is 0 Å². The topological polar surface area (TPSA) is 121 Å². The van der Waals surface area contributed by atoms with Crippen LogP contribution in [0.2, 0.25) is 0 Å². The van der Waals surface area contributed by atoms with Gasteiger partial charge in [-0.3, -0.25) is 4.79 Å². The fraction of sp³-hybridized carbons (Fsp3) is 0.320. The van der Waals surface area contributed by atoms with Gasteiger partial charge in [-0.15, -0.1) is 0 Å². The SMILES string of the molecule is Nc1ncc([C@@H]2CC[C@@H](O)[C@@H](F)C2)nc1-c1cccc(F)c1C(=O)N[C@H](CO)c1cc(F)cc(Br)c1. The molecule has 3 aromatic rings. The van der Waals surface area contributed by atoms with Crippen LogP contribution >= 0.6 is 15.9 Å². The lowest BCUT2D eigenvalue weighted by molar-refractivity contribution is 0.0363. The Balaban J connectivity index is 1.69. The maximum absolute atomic E-state index is 15.0. The van der Waals surface area contributed by atoms with Crippen LogP contribution in [0, 0.1) is 11.6 Å². The third-order valence-electron chi connectivity index (χ3n) is 6.25. The average molecular weight is 565 g/mol. The monoisotopic (exact) mass is 564 g/mol. The minimum atomic E-state index is -1.40. The molecule has 7 nitrogen and oxygen atoms in total. The van der Waals surface area contributed by atoms with Gasteiger partial charge in [0, 0.05) is 16.0 Å². The van der Waals surface area contributed by atoms with Gasteiger partial charge in [-0.1, -0.05) is 28.1 Å². The summed E-state index contributed by atoms with van der Waals surface area (Å²) in [6, 6.07) is 6.81. The largest absolute Gasteiger partial charge is 0.394 e. The number of rotatable bonds is 6. The van der Waals surface area contributed by atoms with Crippen molar-refractivity contribution in [3.8, 4) is 11.3 Å². The predicted molar refractivity (Wildman–Crippen MR) is 131 cm³/mol. The van der Waals surface area contributed by atoms with Gasteiger partial charge >= 0.3 is 0 Å². The molecule has 5 N–H and O–H groups in total. The number of anilines is 1. The lowest BCUT2D eigenvalue weighted by atomic mass is 9.84. The third kappa shape index (κ3) is 5.53. The summed E-state index contributed by atoms with van der Waals surface area (Å²) in [6.07, 6.45) is -0.218. The maximum Gasteiger partial charge on any atom is 0.255 e. The van der Waals surface area contributed by atoms with Gasteiger partial charge in [0.25, 0.3) is 5.91 Å². The summed E-state index contributed by atoms with van der Waals surface area (Å²) in [7, 11) is 0. The first-order valence-corrected chi connectivity index (χ1v) is 12.1. The summed E-state index contributed by atoms with van der Waals surface area (Å²) in [6.45, 7) is -0.569. The Kier molecular flexibility index (Phi) is 7.91. The number of carbonyl (C=O) groups is 1. The van der Waals surface area contributed by atoms with Crippen molar-refractivity contribution in [2.45, 2.75) is 43.5 Å². The minimum Gasteiger partial charge on any atom is -0.394 e. The number of aliphatic hydroxyl groups excluding tert-OH is 2. The van der Waals surface area contributed by atoms with Gasteiger partial charge in [0.05, 0.1) is 36.2 Å². The van der Waals surface area contributed by atoms with Crippen LogP contribution in [0.5, 0.6) is 0 Å². The van der Waals surface area contributed by atoms with Crippen LogP contribution < -0.4 is 11.1 Å². The second-order valence-electron chi connectivity index (χ2n) is 8.70. The lowest BCUT2D eigenvalue weighted by Gasteiger charge is -2.28. The number of halogens is 4. The van der Waals surface area contributed by atoms with Crippen LogP contribution in [-0.4, -0.2) is 45.0 Å². The summed E-state index contributed by atoms with van der Waals surface area (Å²) in [5.74, 6) is -2.70. The van der Waals surface area contributed by atoms with E-state index in [9.17, 15) is 28.2 Å². The van der Waals surface area contributed by atoms with Crippen molar-refractivity contribution in [2.75, 3.05) is 12.3 Å². The van der Waals surface area contributed by atoms with E-state index in [1.807, 2.05) is 0 Å².